The zero-order valence-corrected chi connectivity index (χ0v) is 11.7. The van der Waals surface area contributed by atoms with Gasteiger partial charge in [-0.25, -0.2) is 0 Å². The van der Waals surface area contributed by atoms with Crippen LogP contribution in [0.1, 0.15) is 62.9 Å². The van der Waals surface area contributed by atoms with Crippen LogP contribution in [0.3, 0.4) is 0 Å². The molecule has 0 aliphatic carbocycles. The maximum Gasteiger partial charge on any atom is 0.150 e. The molecular formula is C16H24O. The minimum absolute atomic E-state index is 0.257. The van der Waals surface area contributed by atoms with Crippen molar-refractivity contribution < 1.29 is 4.79 Å². The van der Waals surface area contributed by atoms with Gasteiger partial charge in [0.05, 0.1) is 0 Å². The molecule has 0 amide bonds. The van der Waals surface area contributed by atoms with Gasteiger partial charge in [-0.3, -0.25) is 4.79 Å². The van der Waals surface area contributed by atoms with Gasteiger partial charge in [-0.15, -0.1) is 0 Å². The lowest BCUT2D eigenvalue weighted by Crippen LogP contribution is -2.20. The molecule has 0 radical (unpaired) electrons. The highest BCUT2D eigenvalue weighted by Crippen LogP contribution is 2.39. The number of hydrogen-bond donors (Lipinski definition) is 0. The third-order valence-electron chi connectivity index (χ3n) is 3.23. The van der Waals surface area contributed by atoms with Gasteiger partial charge in [0.1, 0.15) is 6.29 Å². The van der Waals surface area contributed by atoms with Crippen LogP contribution in [0.4, 0.5) is 0 Å². The SMILES string of the molecule is CC(C)CC(c1ccc(C=O)cc1)C(C)(C)C. The summed E-state index contributed by atoms with van der Waals surface area (Å²) in [6.07, 6.45) is 2.09. The van der Waals surface area contributed by atoms with Crippen molar-refractivity contribution in [1.29, 1.82) is 0 Å². The molecule has 0 fully saturated rings. The average molecular weight is 232 g/mol. The maximum absolute atomic E-state index is 10.7. The molecule has 1 rings (SSSR count). The van der Waals surface area contributed by atoms with Crippen LogP contribution in [0.5, 0.6) is 0 Å². The van der Waals surface area contributed by atoms with Crippen LogP contribution >= 0.6 is 0 Å². The summed E-state index contributed by atoms with van der Waals surface area (Å²) in [6.45, 7) is 11.4. The molecule has 1 heteroatoms. The van der Waals surface area contributed by atoms with Gasteiger partial charge in [0.2, 0.25) is 0 Å². The summed E-state index contributed by atoms with van der Waals surface area (Å²) in [4.78, 5) is 10.7. The summed E-state index contributed by atoms with van der Waals surface area (Å²) >= 11 is 0. The molecule has 0 bridgehead atoms. The third-order valence-corrected chi connectivity index (χ3v) is 3.23. The molecule has 1 aromatic carbocycles. The molecule has 0 N–H and O–H groups in total. The molecule has 1 aromatic rings. The van der Waals surface area contributed by atoms with Gasteiger partial charge in [0.15, 0.2) is 0 Å². The molecule has 0 heterocycles. The minimum atomic E-state index is 0.257. The van der Waals surface area contributed by atoms with Gasteiger partial charge in [-0.2, -0.15) is 0 Å². The van der Waals surface area contributed by atoms with E-state index in [1.165, 1.54) is 12.0 Å². The van der Waals surface area contributed by atoms with Crippen LogP contribution in [0.25, 0.3) is 0 Å². The zero-order valence-electron chi connectivity index (χ0n) is 11.7. The standard InChI is InChI=1S/C16H24O/c1-12(2)10-15(16(3,4)5)14-8-6-13(11-17)7-9-14/h6-9,11-12,15H,10H2,1-5H3. The second-order valence-corrected chi connectivity index (χ2v) is 6.33. The van der Waals surface area contributed by atoms with E-state index in [2.05, 4.69) is 46.8 Å². The third kappa shape index (κ3) is 3.99. The smallest absolute Gasteiger partial charge is 0.150 e. The highest BCUT2D eigenvalue weighted by Gasteiger charge is 2.26. The highest BCUT2D eigenvalue weighted by atomic mass is 16.1. The average Bonchev–Trinajstić information content (AvgIpc) is 2.24. The Kier molecular flexibility index (Phi) is 4.50. The molecule has 0 saturated heterocycles. The maximum atomic E-state index is 10.7. The molecule has 1 nitrogen and oxygen atoms in total. The zero-order chi connectivity index (χ0) is 13.1. The Balaban J connectivity index is 3.00. The Bertz CT molecular complexity index is 354. The lowest BCUT2D eigenvalue weighted by atomic mass is 9.72. The summed E-state index contributed by atoms with van der Waals surface area (Å²) in [7, 11) is 0. The van der Waals surface area contributed by atoms with Crippen molar-refractivity contribution in [3.8, 4) is 0 Å². The first-order valence-corrected chi connectivity index (χ1v) is 6.39. The van der Waals surface area contributed by atoms with Gasteiger partial charge < -0.3 is 0 Å². The van der Waals surface area contributed by atoms with Gasteiger partial charge in [0.25, 0.3) is 0 Å². The number of carbonyl (C=O) groups excluding carboxylic acids is 1. The summed E-state index contributed by atoms with van der Waals surface area (Å²) in [6, 6.07) is 8.03. The normalized spacial score (nSPS) is 13.8. The Morgan fingerprint density at radius 3 is 2.00 bits per heavy atom. The van der Waals surface area contributed by atoms with Gasteiger partial charge in [-0.1, -0.05) is 58.9 Å². The van der Waals surface area contributed by atoms with E-state index >= 15 is 0 Å². The first-order valence-electron chi connectivity index (χ1n) is 6.39. The van der Waals surface area contributed by atoms with Gasteiger partial charge >= 0.3 is 0 Å². The van der Waals surface area contributed by atoms with Crippen LogP contribution < -0.4 is 0 Å². The Morgan fingerprint density at radius 1 is 1.12 bits per heavy atom. The predicted octanol–water partition coefficient (Wildman–Crippen LogP) is 4.67. The van der Waals surface area contributed by atoms with Crippen molar-refractivity contribution in [2.75, 3.05) is 0 Å². The fourth-order valence-electron chi connectivity index (χ4n) is 2.27. The van der Waals surface area contributed by atoms with Crippen molar-refractivity contribution in [2.45, 2.75) is 47.0 Å². The minimum Gasteiger partial charge on any atom is -0.298 e. The summed E-state index contributed by atoms with van der Waals surface area (Å²) in [5, 5.41) is 0. The molecule has 0 aliphatic heterocycles. The summed E-state index contributed by atoms with van der Waals surface area (Å²) in [5.41, 5.74) is 2.36. The number of hydrogen-bond acceptors (Lipinski definition) is 1. The number of benzene rings is 1. The van der Waals surface area contributed by atoms with E-state index in [0.29, 0.717) is 11.8 Å². The molecule has 0 saturated carbocycles. The molecule has 0 aliphatic rings. The Morgan fingerprint density at radius 2 is 1.65 bits per heavy atom. The first kappa shape index (κ1) is 14.0. The fraction of sp³-hybridized carbons (Fsp3) is 0.562. The number of rotatable bonds is 4. The van der Waals surface area contributed by atoms with Crippen LogP contribution in [0, 0.1) is 11.3 Å². The van der Waals surface area contributed by atoms with Crippen molar-refractivity contribution in [3.05, 3.63) is 35.4 Å². The van der Waals surface area contributed by atoms with E-state index in [9.17, 15) is 4.79 Å². The van der Waals surface area contributed by atoms with Crippen molar-refractivity contribution in [1.82, 2.24) is 0 Å². The number of aldehydes is 1. The van der Waals surface area contributed by atoms with Gasteiger partial charge in [-0.05, 0) is 29.2 Å². The van der Waals surface area contributed by atoms with Crippen LogP contribution in [-0.4, -0.2) is 6.29 Å². The first-order chi connectivity index (χ1) is 7.84. The molecule has 0 aromatic heterocycles. The molecule has 94 valence electrons. The van der Waals surface area contributed by atoms with E-state index in [1.807, 2.05) is 12.1 Å². The summed E-state index contributed by atoms with van der Waals surface area (Å²) < 4.78 is 0. The van der Waals surface area contributed by atoms with E-state index in [1.54, 1.807) is 0 Å². The highest BCUT2D eigenvalue weighted by molar-refractivity contribution is 5.74. The van der Waals surface area contributed by atoms with Crippen LogP contribution in [0.2, 0.25) is 0 Å². The topological polar surface area (TPSA) is 17.1 Å². The second-order valence-electron chi connectivity index (χ2n) is 6.33. The lowest BCUT2D eigenvalue weighted by Gasteiger charge is -2.32. The molecule has 0 spiro atoms. The second kappa shape index (κ2) is 5.48. The molecule has 1 atom stereocenters. The lowest BCUT2D eigenvalue weighted by molar-refractivity contribution is 0.112. The summed E-state index contributed by atoms with van der Waals surface area (Å²) in [5.74, 6) is 1.23. The van der Waals surface area contributed by atoms with Crippen molar-refractivity contribution >= 4 is 6.29 Å². The van der Waals surface area contributed by atoms with Gasteiger partial charge in [0, 0.05) is 5.56 Å². The van der Waals surface area contributed by atoms with E-state index in [4.69, 9.17) is 0 Å². The molecule has 17 heavy (non-hydrogen) atoms. The van der Waals surface area contributed by atoms with Crippen LogP contribution in [-0.2, 0) is 0 Å². The van der Waals surface area contributed by atoms with Crippen molar-refractivity contribution in [2.24, 2.45) is 11.3 Å². The van der Waals surface area contributed by atoms with Crippen molar-refractivity contribution in [3.63, 3.8) is 0 Å². The Hall–Kier alpha value is -1.11. The van der Waals surface area contributed by atoms with E-state index in [0.717, 1.165) is 11.8 Å². The predicted molar refractivity (Wildman–Crippen MR) is 73.5 cm³/mol. The van der Waals surface area contributed by atoms with E-state index in [-0.39, 0.29) is 5.41 Å². The number of carbonyl (C=O) groups is 1. The van der Waals surface area contributed by atoms with E-state index < -0.39 is 0 Å². The Labute approximate surface area is 105 Å². The van der Waals surface area contributed by atoms with Crippen LogP contribution in [0.15, 0.2) is 24.3 Å². The molecular weight excluding hydrogens is 208 g/mol. The quantitative estimate of drug-likeness (QED) is 0.689. The monoisotopic (exact) mass is 232 g/mol. The molecule has 1 unspecified atom stereocenters. The fourth-order valence-corrected chi connectivity index (χ4v) is 2.27. The largest absolute Gasteiger partial charge is 0.298 e.